The van der Waals surface area contributed by atoms with Crippen molar-refractivity contribution in [2.75, 3.05) is 0 Å². The molecule has 2 heterocycles. The quantitative estimate of drug-likeness (QED) is 0.773. The van der Waals surface area contributed by atoms with Crippen LogP contribution in [0.4, 0.5) is 0 Å². The molecule has 0 atom stereocenters. The summed E-state index contributed by atoms with van der Waals surface area (Å²) in [5.74, 6) is -0.974. The molecule has 0 aliphatic carbocycles. The van der Waals surface area contributed by atoms with Gasteiger partial charge in [-0.2, -0.15) is 0 Å². The van der Waals surface area contributed by atoms with Crippen LogP contribution in [0.1, 0.15) is 17.3 Å². The minimum absolute atomic E-state index is 0.196. The van der Waals surface area contributed by atoms with Crippen LogP contribution in [0, 0.1) is 0 Å². The van der Waals surface area contributed by atoms with E-state index in [1.165, 1.54) is 6.20 Å². The number of fused-ring (bicyclic) bond motifs is 1. The van der Waals surface area contributed by atoms with E-state index in [0.717, 1.165) is 0 Å². The molecule has 0 saturated carbocycles. The van der Waals surface area contributed by atoms with E-state index in [1.54, 1.807) is 17.1 Å². The van der Waals surface area contributed by atoms with E-state index in [-0.39, 0.29) is 5.56 Å². The molecule has 5 heteroatoms. The maximum absolute atomic E-state index is 10.9. The fourth-order valence-electron chi connectivity index (χ4n) is 1.42. The number of aromatic nitrogens is 3. The van der Waals surface area contributed by atoms with Crippen molar-refractivity contribution in [3.63, 3.8) is 0 Å². The number of aryl methyl sites for hydroxylation is 1. The maximum Gasteiger partial charge on any atom is 0.339 e. The van der Waals surface area contributed by atoms with Crippen molar-refractivity contribution >= 4 is 17.0 Å². The predicted molar refractivity (Wildman–Crippen MR) is 50.2 cm³/mol. The van der Waals surface area contributed by atoms with Gasteiger partial charge in [-0.15, -0.1) is 0 Å². The summed E-state index contributed by atoms with van der Waals surface area (Å²) in [7, 11) is 0. The molecule has 0 bridgehead atoms. The lowest BCUT2D eigenvalue weighted by atomic mass is 10.2. The summed E-state index contributed by atoms with van der Waals surface area (Å²) >= 11 is 0. The molecule has 5 nitrogen and oxygen atoms in total. The van der Waals surface area contributed by atoms with Gasteiger partial charge in [0.25, 0.3) is 0 Å². The first kappa shape index (κ1) is 8.68. The smallest absolute Gasteiger partial charge is 0.339 e. The van der Waals surface area contributed by atoms with Gasteiger partial charge in [-0.05, 0) is 6.92 Å². The van der Waals surface area contributed by atoms with Crippen LogP contribution in [0.2, 0.25) is 0 Å². The third-order valence-corrected chi connectivity index (χ3v) is 2.09. The molecular weight excluding hydrogens is 182 g/mol. The summed E-state index contributed by atoms with van der Waals surface area (Å²) in [5, 5.41) is 8.94. The highest BCUT2D eigenvalue weighted by Crippen LogP contribution is 2.16. The highest BCUT2D eigenvalue weighted by atomic mass is 16.4. The number of nitrogens with zero attached hydrogens (tertiary/aromatic N) is 3. The van der Waals surface area contributed by atoms with Crippen LogP contribution < -0.4 is 0 Å². The van der Waals surface area contributed by atoms with E-state index in [2.05, 4.69) is 9.97 Å². The molecule has 0 fully saturated rings. The first-order valence-electron chi connectivity index (χ1n) is 4.26. The van der Waals surface area contributed by atoms with E-state index in [4.69, 9.17) is 5.11 Å². The summed E-state index contributed by atoms with van der Waals surface area (Å²) in [4.78, 5) is 18.8. The van der Waals surface area contributed by atoms with Gasteiger partial charge in [0.2, 0.25) is 0 Å². The lowest BCUT2D eigenvalue weighted by molar-refractivity contribution is 0.0698. The number of hydrogen-bond donors (Lipinski definition) is 1. The Morgan fingerprint density at radius 3 is 3.00 bits per heavy atom. The van der Waals surface area contributed by atoms with E-state index < -0.39 is 5.97 Å². The second-order valence-electron chi connectivity index (χ2n) is 2.89. The lowest BCUT2D eigenvalue weighted by Gasteiger charge is -2.01. The second-order valence-corrected chi connectivity index (χ2v) is 2.89. The largest absolute Gasteiger partial charge is 0.478 e. The van der Waals surface area contributed by atoms with Crippen molar-refractivity contribution in [3.05, 3.63) is 24.3 Å². The maximum atomic E-state index is 10.9. The van der Waals surface area contributed by atoms with Crippen molar-refractivity contribution < 1.29 is 9.90 Å². The first-order chi connectivity index (χ1) is 6.74. The summed E-state index contributed by atoms with van der Waals surface area (Å²) in [6.45, 7) is 2.63. The Hall–Kier alpha value is -1.91. The van der Waals surface area contributed by atoms with Gasteiger partial charge in [0.05, 0.1) is 18.0 Å². The van der Waals surface area contributed by atoms with Crippen molar-refractivity contribution in [3.8, 4) is 0 Å². The Bertz CT molecular complexity index is 490. The fourth-order valence-corrected chi connectivity index (χ4v) is 1.42. The summed E-state index contributed by atoms with van der Waals surface area (Å²) in [6, 6.07) is 0. The average Bonchev–Trinajstić information content (AvgIpc) is 2.59. The number of carbonyl (C=O) groups is 1. The highest BCUT2D eigenvalue weighted by molar-refractivity contribution is 6.00. The molecule has 0 aromatic carbocycles. The third kappa shape index (κ3) is 1.14. The van der Waals surface area contributed by atoms with Crippen LogP contribution in [0.5, 0.6) is 0 Å². The predicted octanol–water partition coefficient (Wildman–Crippen LogP) is 1.15. The van der Waals surface area contributed by atoms with Gasteiger partial charge in [0.1, 0.15) is 11.1 Å². The first-order valence-corrected chi connectivity index (χ1v) is 4.26. The highest BCUT2D eigenvalue weighted by Gasteiger charge is 2.12. The van der Waals surface area contributed by atoms with Crippen molar-refractivity contribution in [1.29, 1.82) is 0 Å². The van der Waals surface area contributed by atoms with Crippen molar-refractivity contribution in [2.24, 2.45) is 0 Å². The molecule has 2 aromatic rings. The van der Waals surface area contributed by atoms with Crippen LogP contribution >= 0.6 is 0 Å². The van der Waals surface area contributed by atoms with Crippen LogP contribution in [-0.4, -0.2) is 25.6 Å². The number of imidazole rings is 1. The fraction of sp³-hybridized carbons (Fsp3) is 0.222. The van der Waals surface area contributed by atoms with Gasteiger partial charge in [0.15, 0.2) is 0 Å². The van der Waals surface area contributed by atoms with E-state index >= 15 is 0 Å². The number of aromatic carboxylic acids is 1. The average molecular weight is 191 g/mol. The molecule has 2 rings (SSSR count). The topological polar surface area (TPSA) is 68.0 Å². The molecule has 0 aliphatic rings. The van der Waals surface area contributed by atoms with Crippen LogP contribution in [0.3, 0.4) is 0 Å². The molecule has 0 amide bonds. The standard InChI is InChI=1S/C9H9N3O2/c1-2-12-5-11-7-4-10-3-6(8(7)12)9(13)14/h3-5H,2H2,1H3,(H,13,14). The normalized spacial score (nSPS) is 10.6. The Morgan fingerprint density at radius 2 is 2.36 bits per heavy atom. The van der Waals surface area contributed by atoms with Gasteiger partial charge >= 0.3 is 5.97 Å². The monoisotopic (exact) mass is 191 g/mol. The Balaban J connectivity index is 2.81. The number of pyridine rings is 1. The minimum Gasteiger partial charge on any atom is -0.478 e. The summed E-state index contributed by atoms with van der Waals surface area (Å²) in [6.07, 6.45) is 4.53. The molecule has 0 saturated heterocycles. The third-order valence-electron chi connectivity index (χ3n) is 2.09. The van der Waals surface area contributed by atoms with Gasteiger partial charge in [0, 0.05) is 12.7 Å². The van der Waals surface area contributed by atoms with Gasteiger partial charge < -0.3 is 9.67 Å². The second kappa shape index (κ2) is 3.10. The number of carboxylic acid groups (broad SMARTS) is 1. The van der Waals surface area contributed by atoms with E-state index in [0.29, 0.717) is 17.6 Å². The molecule has 0 aliphatic heterocycles. The summed E-state index contributed by atoms with van der Waals surface area (Å²) < 4.78 is 1.79. The van der Waals surface area contributed by atoms with Crippen LogP contribution in [-0.2, 0) is 6.54 Å². The number of rotatable bonds is 2. The molecule has 1 N–H and O–H groups in total. The molecule has 0 unspecified atom stereocenters. The molecule has 72 valence electrons. The molecule has 14 heavy (non-hydrogen) atoms. The van der Waals surface area contributed by atoms with Gasteiger partial charge in [-0.25, -0.2) is 9.78 Å². The number of carboxylic acids is 1. The lowest BCUT2D eigenvalue weighted by Crippen LogP contribution is -2.02. The Labute approximate surface area is 80.0 Å². The van der Waals surface area contributed by atoms with Crippen molar-refractivity contribution in [2.45, 2.75) is 13.5 Å². The zero-order valence-electron chi connectivity index (χ0n) is 7.64. The molecule has 0 spiro atoms. The molecule has 0 radical (unpaired) electrons. The molecular formula is C9H9N3O2. The Kier molecular flexibility index (Phi) is 1.92. The van der Waals surface area contributed by atoms with E-state index in [1.807, 2.05) is 6.92 Å². The Morgan fingerprint density at radius 1 is 1.57 bits per heavy atom. The molecule has 2 aromatic heterocycles. The summed E-state index contributed by atoms with van der Waals surface area (Å²) in [5.41, 5.74) is 1.45. The zero-order valence-corrected chi connectivity index (χ0v) is 7.64. The van der Waals surface area contributed by atoms with E-state index in [9.17, 15) is 4.79 Å². The number of hydrogen-bond acceptors (Lipinski definition) is 3. The zero-order chi connectivity index (χ0) is 10.1. The SMILES string of the molecule is CCn1cnc2cncc(C(=O)O)c21. The van der Waals surface area contributed by atoms with Gasteiger partial charge in [-0.3, -0.25) is 4.98 Å². The van der Waals surface area contributed by atoms with Crippen LogP contribution in [0.25, 0.3) is 11.0 Å². The van der Waals surface area contributed by atoms with Crippen molar-refractivity contribution in [1.82, 2.24) is 14.5 Å². The van der Waals surface area contributed by atoms with Crippen LogP contribution in [0.15, 0.2) is 18.7 Å². The minimum atomic E-state index is -0.974. The van der Waals surface area contributed by atoms with Gasteiger partial charge in [-0.1, -0.05) is 0 Å².